The molecule has 1 N–H and O–H groups in total. The van der Waals surface area contributed by atoms with Gasteiger partial charge in [-0.2, -0.15) is 0 Å². The summed E-state index contributed by atoms with van der Waals surface area (Å²) in [6.45, 7) is 5.03. The summed E-state index contributed by atoms with van der Waals surface area (Å²) in [6, 6.07) is 16.7. The van der Waals surface area contributed by atoms with Crippen molar-refractivity contribution in [3.05, 3.63) is 59.9 Å². The lowest BCUT2D eigenvalue weighted by atomic mass is 10.1. The number of piperidine rings is 1. The number of carbonyl (C=O) groups excluding carboxylic acids is 1. The zero-order chi connectivity index (χ0) is 20.9. The molecule has 2 aromatic carbocycles. The number of hydrogen-bond donors (Lipinski definition) is 1. The van der Waals surface area contributed by atoms with Gasteiger partial charge in [0.2, 0.25) is 5.91 Å². The van der Waals surface area contributed by atoms with Crippen molar-refractivity contribution >= 4 is 34.4 Å². The molecule has 0 radical (unpaired) electrons. The van der Waals surface area contributed by atoms with Crippen LogP contribution in [0.1, 0.15) is 42.8 Å². The highest BCUT2D eigenvalue weighted by molar-refractivity contribution is 8.00. The lowest BCUT2D eigenvalue weighted by Crippen LogP contribution is -2.29. The zero-order valence-electron chi connectivity index (χ0n) is 17.8. The Labute approximate surface area is 182 Å². The molecule has 0 spiro atoms. The molecule has 0 saturated carbocycles. The molecule has 4 rings (SSSR count). The van der Waals surface area contributed by atoms with Gasteiger partial charge in [0.15, 0.2) is 0 Å². The number of aromatic amines is 1. The maximum Gasteiger partial charge on any atom is 0.232 e. The summed E-state index contributed by atoms with van der Waals surface area (Å²) in [4.78, 5) is 24.9. The highest BCUT2D eigenvalue weighted by atomic mass is 32.2. The van der Waals surface area contributed by atoms with Gasteiger partial charge >= 0.3 is 0 Å². The second-order valence-electron chi connectivity index (χ2n) is 8.06. The van der Waals surface area contributed by atoms with Crippen LogP contribution in [0.2, 0.25) is 0 Å². The van der Waals surface area contributed by atoms with Crippen LogP contribution in [0.3, 0.4) is 0 Å². The van der Waals surface area contributed by atoms with E-state index in [9.17, 15) is 4.79 Å². The molecular formula is C24H30N4OS. The highest BCUT2D eigenvalue weighted by Gasteiger charge is 2.16. The number of carbonyl (C=O) groups is 1. The topological polar surface area (TPSA) is 52.2 Å². The number of aromatic nitrogens is 2. The average Bonchev–Trinajstić information content (AvgIpc) is 3.23. The molecule has 30 heavy (non-hydrogen) atoms. The van der Waals surface area contributed by atoms with Crippen molar-refractivity contribution in [2.75, 3.05) is 30.8 Å². The van der Waals surface area contributed by atoms with Crippen LogP contribution in [-0.2, 0) is 11.3 Å². The fourth-order valence-electron chi connectivity index (χ4n) is 3.88. The van der Waals surface area contributed by atoms with E-state index in [-0.39, 0.29) is 11.2 Å². The summed E-state index contributed by atoms with van der Waals surface area (Å²) in [5.74, 6) is 1.51. The Kier molecular flexibility index (Phi) is 6.62. The van der Waals surface area contributed by atoms with Crippen LogP contribution >= 0.6 is 11.8 Å². The number of benzene rings is 2. The van der Waals surface area contributed by atoms with Crippen LogP contribution in [0.4, 0.5) is 5.69 Å². The maximum atomic E-state index is 12.6. The van der Waals surface area contributed by atoms with E-state index in [0.29, 0.717) is 12.3 Å². The fourth-order valence-corrected chi connectivity index (χ4v) is 4.76. The third-order valence-corrected chi connectivity index (χ3v) is 6.89. The minimum absolute atomic E-state index is 0.138. The first-order chi connectivity index (χ1) is 14.6. The quantitative estimate of drug-likeness (QED) is 0.582. The summed E-state index contributed by atoms with van der Waals surface area (Å²) < 4.78 is 0. The third-order valence-electron chi connectivity index (χ3n) is 5.75. The van der Waals surface area contributed by atoms with E-state index >= 15 is 0 Å². The van der Waals surface area contributed by atoms with Crippen molar-refractivity contribution in [3.63, 3.8) is 0 Å². The number of hydrogen-bond acceptors (Lipinski definition) is 4. The normalized spacial score (nSPS) is 15.3. The molecule has 2 heterocycles. The van der Waals surface area contributed by atoms with E-state index in [1.165, 1.54) is 30.5 Å². The smallest absolute Gasteiger partial charge is 0.232 e. The van der Waals surface area contributed by atoms with Crippen LogP contribution in [0, 0.1) is 0 Å². The van der Waals surface area contributed by atoms with Gasteiger partial charge in [-0.1, -0.05) is 24.3 Å². The number of rotatable bonds is 7. The molecule has 1 atom stereocenters. The molecule has 0 bridgehead atoms. The van der Waals surface area contributed by atoms with Crippen molar-refractivity contribution < 1.29 is 4.79 Å². The number of para-hydroxylation sites is 2. The van der Waals surface area contributed by atoms with E-state index in [1.807, 2.05) is 36.2 Å². The van der Waals surface area contributed by atoms with Gasteiger partial charge in [0.25, 0.3) is 0 Å². The summed E-state index contributed by atoms with van der Waals surface area (Å²) in [6.07, 6.45) is 3.90. The first-order valence-electron chi connectivity index (χ1n) is 10.7. The van der Waals surface area contributed by atoms with Gasteiger partial charge < -0.3 is 14.8 Å². The molecule has 1 amide bonds. The van der Waals surface area contributed by atoms with Gasteiger partial charge in [0.05, 0.1) is 22.0 Å². The highest BCUT2D eigenvalue weighted by Crippen LogP contribution is 2.28. The number of anilines is 1. The molecule has 1 saturated heterocycles. The summed E-state index contributed by atoms with van der Waals surface area (Å²) in [5, 5.41) is 0.138. The first-order valence-corrected chi connectivity index (χ1v) is 11.8. The minimum Gasteiger partial charge on any atom is -0.372 e. The Morgan fingerprint density at radius 2 is 1.87 bits per heavy atom. The Balaban J connectivity index is 1.28. The van der Waals surface area contributed by atoms with Crippen LogP contribution < -0.4 is 4.90 Å². The van der Waals surface area contributed by atoms with Crippen LogP contribution in [-0.4, -0.2) is 46.7 Å². The summed E-state index contributed by atoms with van der Waals surface area (Å²) in [7, 11) is 1.88. The Morgan fingerprint density at radius 3 is 2.60 bits per heavy atom. The second kappa shape index (κ2) is 9.56. The number of nitrogens with zero attached hydrogens (tertiary/aromatic N) is 3. The van der Waals surface area contributed by atoms with E-state index in [0.717, 1.165) is 29.9 Å². The second-order valence-corrected chi connectivity index (χ2v) is 9.39. The Morgan fingerprint density at radius 1 is 1.13 bits per heavy atom. The number of thioether (sulfide) groups is 1. The summed E-state index contributed by atoms with van der Waals surface area (Å²) in [5.41, 5.74) is 4.47. The van der Waals surface area contributed by atoms with Crippen LogP contribution in [0.25, 0.3) is 11.0 Å². The van der Waals surface area contributed by atoms with Crippen molar-refractivity contribution in [3.8, 4) is 0 Å². The maximum absolute atomic E-state index is 12.6. The van der Waals surface area contributed by atoms with Crippen LogP contribution in [0.15, 0.2) is 48.5 Å². The van der Waals surface area contributed by atoms with Crippen LogP contribution in [0.5, 0.6) is 0 Å². The largest absolute Gasteiger partial charge is 0.372 e. The standard InChI is InChI=1S/C24H30N4OS/c1-18(24-25-21-8-4-5-9-22(21)26-24)30-17-23(29)27(2)16-19-10-12-20(13-11-19)28-14-6-3-7-15-28/h4-5,8-13,18H,3,6-7,14-17H2,1-2H3,(H,25,26)/t18-/m0/s1. The Bertz CT molecular complexity index is 945. The molecule has 5 nitrogen and oxygen atoms in total. The average molecular weight is 423 g/mol. The van der Waals surface area contributed by atoms with Crippen molar-refractivity contribution in [2.24, 2.45) is 0 Å². The molecule has 6 heteroatoms. The van der Waals surface area contributed by atoms with Crippen molar-refractivity contribution in [1.29, 1.82) is 0 Å². The number of H-pyrrole nitrogens is 1. The lowest BCUT2D eigenvalue weighted by Gasteiger charge is -2.29. The van der Waals surface area contributed by atoms with E-state index in [2.05, 4.69) is 46.1 Å². The molecule has 1 aromatic heterocycles. The predicted molar refractivity (Wildman–Crippen MR) is 126 cm³/mol. The number of nitrogens with one attached hydrogen (secondary N) is 1. The lowest BCUT2D eigenvalue weighted by molar-refractivity contribution is -0.127. The monoisotopic (exact) mass is 422 g/mol. The molecular weight excluding hydrogens is 392 g/mol. The molecule has 158 valence electrons. The molecule has 0 aliphatic carbocycles. The minimum atomic E-state index is 0.138. The van der Waals surface area contributed by atoms with E-state index < -0.39 is 0 Å². The van der Waals surface area contributed by atoms with Gasteiger partial charge in [-0.3, -0.25) is 4.79 Å². The van der Waals surface area contributed by atoms with E-state index in [1.54, 1.807) is 11.8 Å². The Hall–Kier alpha value is -2.47. The van der Waals surface area contributed by atoms with Crippen molar-refractivity contribution in [1.82, 2.24) is 14.9 Å². The fraction of sp³-hybridized carbons (Fsp3) is 0.417. The zero-order valence-corrected chi connectivity index (χ0v) is 18.6. The van der Waals surface area contributed by atoms with Gasteiger partial charge in [-0.05, 0) is 56.0 Å². The number of imidazole rings is 1. The van der Waals surface area contributed by atoms with Gasteiger partial charge in [0.1, 0.15) is 5.82 Å². The molecule has 1 aliphatic heterocycles. The molecule has 3 aromatic rings. The van der Waals surface area contributed by atoms with E-state index in [4.69, 9.17) is 0 Å². The van der Waals surface area contributed by atoms with Gasteiger partial charge in [-0.15, -0.1) is 11.8 Å². The SMILES string of the molecule is C[C@H](SCC(=O)N(C)Cc1ccc(N2CCCCC2)cc1)c1nc2ccccc2[nH]1. The number of fused-ring (bicyclic) bond motifs is 1. The third kappa shape index (κ3) is 4.98. The first kappa shape index (κ1) is 20.8. The molecule has 1 aliphatic rings. The predicted octanol–water partition coefficient (Wildman–Crippen LogP) is 5.01. The molecule has 0 unspecified atom stereocenters. The van der Waals surface area contributed by atoms with Crippen molar-refractivity contribution in [2.45, 2.75) is 38.0 Å². The van der Waals surface area contributed by atoms with Gasteiger partial charge in [0, 0.05) is 32.4 Å². The summed E-state index contributed by atoms with van der Waals surface area (Å²) >= 11 is 1.62. The van der Waals surface area contributed by atoms with Gasteiger partial charge in [-0.25, -0.2) is 4.98 Å². The number of amides is 1. The molecule has 1 fully saturated rings.